The van der Waals surface area contributed by atoms with E-state index in [2.05, 4.69) is 15.3 Å². The van der Waals surface area contributed by atoms with Crippen LogP contribution in [-0.4, -0.2) is 15.9 Å². The maximum atomic E-state index is 12.9. The van der Waals surface area contributed by atoms with Crippen LogP contribution in [-0.2, 0) is 17.8 Å². The van der Waals surface area contributed by atoms with Gasteiger partial charge in [-0.15, -0.1) is 11.3 Å². The fourth-order valence-corrected chi connectivity index (χ4v) is 3.40. The van der Waals surface area contributed by atoms with E-state index in [1.807, 2.05) is 11.4 Å². The maximum absolute atomic E-state index is 12.9. The van der Waals surface area contributed by atoms with E-state index in [-0.39, 0.29) is 18.1 Å². The molecule has 27 heavy (non-hydrogen) atoms. The summed E-state index contributed by atoms with van der Waals surface area (Å²) in [6.07, 6.45) is 0.182. The van der Waals surface area contributed by atoms with Crippen molar-refractivity contribution in [2.75, 3.05) is 0 Å². The lowest BCUT2D eigenvalue weighted by Gasteiger charge is -2.03. The molecule has 0 aliphatic carbocycles. The van der Waals surface area contributed by atoms with E-state index < -0.39 is 5.76 Å². The largest absolute Gasteiger partial charge is 0.417 e. The van der Waals surface area contributed by atoms with Gasteiger partial charge in [-0.05, 0) is 29.8 Å². The van der Waals surface area contributed by atoms with Gasteiger partial charge in [0, 0.05) is 10.9 Å². The molecule has 6 nitrogen and oxygen atoms in total. The van der Waals surface area contributed by atoms with Crippen LogP contribution in [0.1, 0.15) is 10.6 Å². The van der Waals surface area contributed by atoms with Crippen molar-refractivity contribution in [3.63, 3.8) is 0 Å². The molecule has 2 aromatic carbocycles. The first-order valence-corrected chi connectivity index (χ1v) is 9.03. The van der Waals surface area contributed by atoms with Gasteiger partial charge in [-0.2, -0.15) is 0 Å². The van der Waals surface area contributed by atoms with Crippen molar-refractivity contribution in [3.05, 3.63) is 74.8 Å². The molecule has 0 spiro atoms. The van der Waals surface area contributed by atoms with Crippen molar-refractivity contribution in [2.45, 2.75) is 13.0 Å². The average Bonchev–Trinajstić information content (AvgIpc) is 3.26. The number of rotatable bonds is 5. The van der Waals surface area contributed by atoms with Gasteiger partial charge in [0.1, 0.15) is 10.8 Å². The molecule has 4 rings (SSSR count). The van der Waals surface area contributed by atoms with Gasteiger partial charge in [-0.25, -0.2) is 14.2 Å². The molecule has 2 N–H and O–H groups in total. The van der Waals surface area contributed by atoms with Gasteiger partial charge in [-0.3, -0.25) is 9.78 Å². The second-order valence-electron chi connectivity index (χ2n) is 5.93. The van der Waals surface area contributed by atoms with Crippen LogP contribution in [0, 0.1) is 5.82 Å². The topological polar surface area (TPSA) is 88.0 Å². The number of carbonyl (C=O) groups is 1. The highest BCUT2D eigenvalue weighted by molar-refractivity contribution is 7.09. The average molecular weight is 383 g/mol. The molecule has 0 radical (unpaired) electrons. The van der Waals surface area contributed by atoms with Crippen LogP contribution in [0.2, 0.25) is 0 Å². The van der Waals surface area contributed by atoms with E-state index in [9.17, 15) is 14.0 Å². The molecule has 0 fully saturated rings. The van der Waals surface area contributed by atoms with E-state index >= 15 is 0 Å². The third-order valence-electron chi connectivity index (χ3n) is 3.98. The zero-order valence-corrected chi connectivity index (χ0v) is 14.8. The minimum atomic E-state index is -0.495. The third kappa shape index (κ3) is 3.95. The Morgan fingerprint density at radius 2 is 2.04 bits per heavy atom. The monoisotopic (exact) mass is 383 g/mol. The summed E-state index contributed by atoms with van der Waals surface area (Å²) in [6.45, 7) is 0.312. The lowest BCUT2D eigenvalue weighted by atomic mass is 10.1. The van der Waals surface area contributed by atoms with Gasteiger partial charge in [0.05, 0.1) is 24.2 Å². The number of aromatic amines is 1. The van der Waals surface area contributed by atoms with Crippen molar-refractivity contribution in [3.8, 4) is 11.3 Å². The highest BCUT2D eigenvalue weighted by Gasteiger charge is 2.09. The minimum Gasteiger partial charge on any atom is -0.408 e. The number of oxazole rings is 1. The molecule has 0 saturated heterocycles. The molecule has 136 valence electrons. The number of hydrogen-bond acceptors (Lipinski definition) is 5. The quantitative estimate of drug-likeness (QED) is 0.554. The van der Waals surface area contributed by atoms with E-state index in [1.165, 1.54) is 23.5 Å². The Labute approximate surface area is 156 Å². The van der Waals surface area contributed by atoms with Gasteiger partial charge < -0.3 is 9.73 Å². The van der Waals surface area contributed by atoms with Crippen molar-refractivity contribution >= 4 is 28.3 Å². The molecular formula is C19H14FN3O3S. The van der Waals surface area contributed by atoms with Gasteiger partial charge in [-0.1, -0.05) is 18.2 Å². The summed E-state index contributed by atoms with van der Waals surface area (Å²) in [4.78, 5) is 30.4. The predicted molar refractivity (Wildman–Crippen MR) is 99.9 cm³/mol. The van der Waals surface area contributed by atoms with Crippen LogP contribution >= 0.6 is 11.3 Å². The highest BCUT2D eigenvalue weighted by Crippen LogP contribution is 2.24. The first-order valence-electron chi connectivity index (χ1n) is 8.15. The summed E-state index contributed by atoms with van der Waals surface area (Å²) in [6, 6.07) is 11.2. The maximum Gasteiger partial charge on any atom is 0.417 e. The van der Waals surface area contributed by atoms with Crippen molar-refractivity contribution < 1.29 is 13.6 Å². The normalized spacial score (nSPS) is 11.0. The number of hydrogen-bond donors (Lipinski definition) is 2. The summed E-state index contributed by atoms with van der Waals surface area (Å²) >= 11 is 1.43. The number of H-pyrrole nitrogens is 1. The zero-order valence-electron chi connectivity index (χ0n) is 14.0. The fourth-order valence-electron chi connectivity index (χ4n) is 2.65. The smallest absolute Gasteiger partial charge is 0.408 e. The molecule has 1 amide bonds. The SMILES string of the molecule is O=C(Cc1ccc(F)cc1)NCc1nc(-c2ccc3[nH]c(=O)oc3c2)cs1. The van der Waals surface area contributed by atoms with Crippen LogP contribution in [0.3, 0.4) is 0 Å². The number of amides is 1. The summed E-state index contributed by atoms with van der Waals surface area (Å²) in [7, 11) is 0. The Kier molecular flexibility index (Phi) is 4.55. The van der Waals surface area contributed by atoms with Gasteiger partial charge in [0.25, 0.3) is 0 Å². The molecule has 0 bridgehead atoms. The first kappa shape index (κ1) is 17.2. The summed E-state index contributed by atoms with van der Waals surface area (Å²) in [5, 5.41) is 5.45. The molecule has 2 aromatic heterocycles. The summed E-state index contributed by atoms with van der Waals surface area (Å²) < 4.78 is 18.0. The lowest BCUT2D eigenvalue weighted by Crippen LogP contribution is -2.24. The van der Waals surface area contributed by atoms with Crippen molar-refractivity contribution in [1.29, 1.82) is 0 Å². The summed E-state index contributed by atoms with van der Waals surface area (Å²) in [5.74, 6) is -0.981. The Bertz CT molecular complexity index is 1160. The first-order chi connectivity index (χ1) is 13.1. The van der Waals surface area contributed by atoms with Crippen LogP contribution in [0.15, 0.2) is 57.1 Å². The van der Waals surface area contributed by atoms with Crippen LogP contribution in [0.25, 0.3) is 22.4 Å². The number of benzene rings is 2. The van der Waals surface area contributed by atoms with E-state index in [0.29, 0.717) is 17.6 Å². The van der Waals surface area contributed by atoms with E-state index in [1.54, 1.807) is 24.3 Å². The number of thiazole rings is 1. The van der Waals surface area contributed by atoms with Gasteiger partial charge >= 0.3 is 5.76 Å². The number of carbonyl (C=O) groups excluding carboxylic acids is 1. The minimum absolute atomic E-state index is 0.158. The highest BCUT2D eigenvalue weighted by atomic mass is 32.1. The number of nitrogens with zero attached hydrogens (tertiary/aromatic N) is 1. The number of nitrogens with one attached hydrogen (secondary N) is 2. The summed E-state index contributed by atoms with van der Waals surface area (Å²) in [5.41, 5.74) is 3.42. The van der Waals surface area contributed by atoms with Gasteiger partial charge in [0.15, 0.2) is 5.58 Å². The molecule has 4 aromatic rings. The van der Waals surface area contributed by atoms with Gasteiger partial charge in [0.2, 0.25) is 5.91 Å². The van der Waals surface area contributed by atoms with Crippen molar-refractivity contribution in [1.82, 2.24) is 15.3 Å². The molecule has 0 aliphatic heterocycles. The second-order valence-corrected chi connectivity index (χ2v) is 6.87. The number of fused-ring (bicyclic) bond motifs is 1. The number of halogens is 1. The lowest BCUT2D eigenvalue weighted by molar-refractivity contribution is -0.120. The molecule has 0 aliphatic rings. The van der Waals surface area contributed by atoms with Crippen molar-refractivity contribution in [2.24, 2.45) is 0 Å². The van der Waals surface area contributed by atoms with Crippen LogP contribution in [0.5, 0.6) is 0 Å². The van der Waals surface area contributed by atoms with E-state index in [0.717, 1.165) is 21.8 Å². The molecule has 8 heteroatoms. The standard InChI is InChI=1S/C19H14FN3O3S/c20-13-4-1-11(2-5-13)7-17(24)21-9-18-22-15(10-27-18)12-3-6-14-16(8-12)26-19(25)23-14/h1-6,8,10H,7,9H2,(H,21,24)(H,23,25). The molecular weight excluding hydrogens is 369 g/mol. The van der Waals surface area contributed by atoms with Crippen LogP contribution in [0.4, 0.5) is 4.39 Å². The second kappa shape index (κ2) is 7.16. The van der Waals surface area contributed by atoms with Crippen LogP contribution < -0.4 is 11.1 Å². The number of aromatic nitrogens is 2. The zero-order chi connectivity index (χ0) is 18.8. The Balaban J connectivity index is 1.40. The fraction of sp³-hybridized carbons (Fsp3) is 0.105. The Morgan fingerprint density at radius 1 is 1.22 bits per heavy atom. The Hall–Kier alpha value is -3.26. The third-order valence-corrected chi connectivity index (χ3v) is 4.83. The molecule has 2 heterocycles. The molecule has 0 saturated carbocycles. The predicted octanol–water partition coefficient (Wildman–Crippen LogP) is 3.24. The molecule has 0 unspecified atom stereocenters. The van der Waals surface area contributed by atoms with E-state index in [4.69, 9.17) is 4.42 Å². The molecule has 0 atom stereocenters. The Morgan fingerprint density at radius 3 is 2.85 bits per heavy atom.